The van der Waals surface area contributed by atoms with Crippen molar-refractivity contribution in [1.82, 2.24) is 0 Å². The third kappa shape index (κ3) is 3.32. The van der Waals surface area contributed by atoms with Gasteiger partial charge in [0.05, 0.1) is 0 Å². The van der Waals surface area contributed by atoms with E-state index in [4.69, 9.17) is 0 Å². The van der Waals surface area contributed by atoms with Gasteiger partial charge in [0.2, 0.25) is 0 Å². The van der Waals surface area contributed by atoms with Gasteiger partial charge in [-0.3, -0.25) is 0 Å². The van der Waals surface area contributed by atoms with Crippen LogP contribution >= 0.6 is 0 Å². The standard InChI is InChI=1S/C12H17N/c1-3-5-9-13-12-8-6-7-11(4-2)10-12/h3,5-8,10,13H,4,9H2,1-2H3/b5-3+. The van der Waals surface area contributed by atoms with Crippen LogP contribution in [0.2, 0.25) is 0 Å². The molecule has 0 aliphatic rings. The Morgan fingerprint density at radius 2 is 2.23 bits per heavy atom. The van der Waals surface area contributed by atoms with Crippen molar-refractivity contribution >= 4 is 5.69 Å². The predicted molar refractivity (Wildman–Crippen MR) is 59.1 cm³/mol. The minimum Gasteiger partial charge on any atom is -0.382 e. The summed E-state index contributed by atoms with van der Waals surface area (Å²) >= 11 is 0. The molecule has 0 heterocycles. The first kappa shape index (κ1) is 9.85. The molecule has 70 valence electrons. The third-order valence-corrected chi connectivity index (χ3v) is 1.99. The van der Waals surface area contributed by atoms with Gasteiger partial charge in [-0.05, 0) is 31.0 Å². The minimum absolute atomic E-state index is 0.906. The summed E-state index contributed by atoms with van der Waals surface area (Å²) in [6.45, 7) is 5.11. The summed E-state index contributed by atoms with van der Waals surface area (Å²) in [4.78, 5) is 0. The number of aryl methyl sites for hydroxylation is 1. The van der Waals surface area contributed by atoms with Crippen molar-refractivity contribution < 1.29 is 0 Å². The summed E-state index contributed by atoms with van der Waals surface area (Å²) in [5, 5.41) is 3.33. The lowest BCUT2D eigenvalue weighted by molar-refractivity contribution is 1.14. The van der Waals surface area contributed by atoms with Gasteiger partial charge in [0.15, 0.2) is 0 Å². The van der Waals surface area contributed by atoms with Crippen molar-refractivity contribution in [2.24, 2.45) is 0 Å². The number of benzene rings is 1. The molecule has 1 aromatic carbocycles. The third-order valence-electron chi connectivity index (χ3n) is 1.99. The highest BCUT2D eigenvalue weighted by Gasteiger charge is 1.91. The number of anilines is 1. The molecule has 0 aliphatic carbocycles. The van der Waals surface area contributed by atoms with Crippen molar-refractivity contribution in [3.63, 3.8) is 0 Å². The molecule has 0 atom stereocenters. The number of hydrogen-bond donors (Lipinski definition) is 1. The Kier molecular flexibility index (Phi) is 4.10. The monoisotopic (exact) mass is 175 g/mol. The highest BCUT2D eigenvalue weighted by Crippen LogP contribution is 2.10. The molecule has 0 aromatic heterocycles. The van der Waals surface area contributed by atoms with Crippen LogP contribution in [-0.4, -0.2) is 6.54 Å². The zero-order valence-electron chi connectivity index (χ0n) is 8.38. The van der Waals surface area contributed by atoms with Crippen LogP contribution < -0.4 is 5.32 Å². The average Bonchev–Trinajstić information content (AvgIpc) is 2.19. The van der Waals surface area contributed by atoms with Crippen LogP contribution in [-0.2, 0) is 6.42 Å². The number of hydrogen-bond acceptors (Lipinski definition) is 1. The molecule has 1 nitrogen and oxygen atoms in total. The van der Waals surface area contributed by atoms with E-state index >= 15 is 0 Å². The van der Waals surface area contributed by atoms with E-state index in [0.717, 1.165) is 13.0 Å². The van der Waals surface area contributed by atoms with Gasteiger partial charge < -0.3 is 5.32 Å². The smallest absolute Gasteiger partial charge is 0.0345 e. The Morgan fingerprint density at radius 3 is 2.92 bits per heavy atom. The summed E-state index contributed by atoms with van der Waals surface area (Å²) in [5.41, 5.74) is 2.59. The molecule has 0 radical (unpaired) electrons. The largest absolute Gasteiger partial charge is 0.382 e. The van der Waals surface area contributed by atoms with Crippen molar-refractivity contribution in [2.45, 2.75) is 20.3 Å². The van der Waals surface area contributed by atoms with Crippen LogP contribution in [0.25, 0.3) is 0 Å². The lowest BCUT2D eigenvalue weighted by Gasteiger charge is -2.04. The van der Waals surface area contributed by atoms with Crippen molar-refractivity contribution in [2.75, 3.05) is 11.9 Å². The first-order valence-electron chi connectivity index (χ1n) is 4.80. The maximum Gasteiger partial charge on any atom is 0.0345 e. The molecule has 1 heteroatoms. The van der Waals surface area contributed by atoms with Crippen LogP contribution in [0.3, 0.4) is 0 Å². The molecule has 0 aliphatic heterocycles. The highest BCUT2D eigenvalue weighted by molar-refractivity contribution is 5.46. The van der Waals surface area contributed by atoms with E-state index in [1.54, 1.807) is 0 Å². The Labute approximate surface area is 80.5 Å². The van der Waals surface area contributed by atoms with E-state index < -0.39 is 0 Å². The normalized spacial score (nSPS) is 10.6. The number of rotatable bonds is 4. The summed E-state index contributed by atoms with van der Waals surface area (Å²) < 4.78 is 0. The van der Waals surface area contributed by atoms with E-state index in [0.29, 0.717) is 0 Å². The van der Waals surface area contributed by atoms with Crippen LogP contribution in [0, 0.1) is 0 Å². The summed E-state index contributed by atoms with van der Waals surface area (Å²) in [5.74, 6) is 0. The molecule has 0 bridgehead atoms. The van der Waals surface area contributed by atoms with E-state index in [1.165, 1.54) is 11.3 Å². The maximum absolute atomic E-state index is 3.33. The Balaban J connectivity index is 2.56. The van der Waals surface area contributed by atoms with Gasteiger partial charge in [-0.2, -0.15) is 0 Å². The summed E-state index contributed by atoms with van der Waals surface area (Å²) in [6, 6.07) is 8.55. The zero-order valence-corrected chi connectivity index (χ0v) is 8.38. The van der Waals surface area contributed by atoms with Gasteiger partial charge in [-0.25, -0.2) is 0 Å². The molecule has 0 saturated carbocycles. The Bertz CT molecular complexity index is 276. The fourth-order valence-electron chi connectivity index (χ4n) is 1.20. The number of nitrogens with one attached hydrogen (secondary N) is 1. The molecule has 1 aromatic rings. The van der Waals surface area contributed by atoms with Crippen molar-refractivity contribution in [3.8, 4) is 0 Å². The first-order chi connectivity index (χ1) is 6.36. The van der Waals surface area contributed by atoms with Gasteiger partial charge in [0.25, 0.3) is 0 Å². The first-order valence-corrected chi connectivity index (χ1v) is 4.80. The lowest BCUT2D eigenvalue weighted by atomic mass is 10.1. The quantitative estimate of drug-likeness (QED) is 0.693. The van der Waals surface area contributed by atoms with Crippen molar-refractivity contribution in [1.29, 1.82) is 0 Å². The molecule has 0 spiro atoms. The van der Waals surface area contributed by atoms with Gasteiger partial charge >= 0.3 is 0 Å². The fourth-order valence-corrected chi connectivity index (χ4v) is 1.20. The Morgan fingerprint density at radius 1 is 1.38 bits per heavy atom. The highest BCUT2D eigenvalue weighted by atomic mass is 14.8. The minimum atomic E-state index is 0.906. The number of allylic oxidation sites excluding steroid dienone is 1. The second kappa shape index (κ2) is 5.41. The Hall–Kier alpha value is -1.24. The second-order valence-corrected chi connectivity index (χ2v) is 3.00. The fraction of sp³-hybridized carbons (Fsp3) is 0.333. The van der Waals surface area contributed by atoms with E-state index in [9.17, 15) is 0 Å². The van der Waals surface area contributed by atoms with E-state index in [-0.39, 0.29) is 0 Å². The van der Waals surface area contributed by atoms with Crippen LogP contribution in [0.15, 0.2) is 36.4 Å². The second-order valence-electron chi connectivity index (χ2n) is 3.00. The average molecular weight is 175 g/mol. The van der Waals surface area contributed by atoms with Crippen LogP contribution in [0.1, 0.15) is 19.4 Å². The molecule has 1 N–H and O–H groups in total. The zero-order chi connectivity index (χ0) is 9.52. The maximum atomic E-state index is 3.33. The molecular formula is C12H17N. The van der Waals surface area contributed by atoms with Crippen LogP contribution in [0.4, 0.5) is 5.69 Å². The predicted octanol–water partition coefficient (Wildman–Crippen LogP) is 3.24. The molecule has 0 saturated heterocycles. The van der Waals surface area contributed by atoms with Gasteiger partial charge in [0.1, 0.15) is 0 Å². The van der Waals surface area contributed by atoms with E-state index in [2.05, 4.69) is 48.7 Å². The van der Waals surface area contributed by atoms with Gasteiger partial charge in [-0.1, -0.05) is 31.2 Å². The summed E-state index contributed by atoms with van der Waals surface area (Å²) in [6.07, 6.45) is 5.26. The van der Waals surface area contributed by atoms with E-state index in [1.807, 2.05) is 6.92 Å². The molecular weight excluding hydrogens is 158 g/mol. The molecule has 0 unspecified atom stereocenters. The van der Waals surface area contributed by atoms with Gasteiger partial charge in [0, 0.05) is 12.2 Å². The molecule has 13 heavy (non-hydrogen) atoms. The molecule has 0 fully saturated rings. The molecule has 1 rings (SSSR count). The summed E-state index contributed by atoms with van der Waals surface area (Å²) in [7, 11) is 0. The van der Waals surface area contributed by atoms with Crippen molar-refractivity contribution in [3.05, 3.63) is 42.0 Å². The van der Waals surface area contributed by atoms with Crippen LogP contribution in [0.5, 0.6) is 0 Å². The molecule has 0 amide bonds. The van der Waals surface area contributed by atoms with Gasteiger partial charge in [-0.15, -0.1) is 0 Å². The lowest BCUT2D eigenvalue weighted by Crippen LogP contribution is -1.98. The topological polar surface area (TPSA) is 12.0 Å². The SMILES string of the molecule is C/C=C/CNc1cccc(CC)c1.